The van der Waals surface area contributed by atoms with Gasteiger partial charge in [-0.2, -0.15) is 0 Å². The number of pyridine rings is 1. The van der Waals surface area contributed by atoms with Crippen LogP contribution >= 0.6 is 0 Å². The van der Waals surface area contributed by atoms with Crippen LogP contribution in [0.4, 0.5) is 0 Å². The fourth-order valence-corrected chi connectivity index (χ4v) is 9.94. The molecule has 10 aromatic rings. The third kappa shape index (κ3) is 9.21. The van der Waals surface area contributed by atoms with Crippen molar-refractivity contribution in [2.75, 3.05) is 0 Å². The summed E-state index contributed by atoms with van der Waals surface area (Å²) in [5.74, 6) is -0.886. The van der Waals surface area contributed by atoms with Gasteiger partial charge in [-0.25, -0.2) is 4.98 Å². The Balaban J connectivity index is 0.00000641. The van der Waals surface area contributed by atoms with E-state index < -0.39 is 18.6 Å². The van der Waals surface area contributed by atoms with Crippen molar-refractivity contribution in [3.05, 3.63) is 229 Å². The molecular weight excluding hydrogens is 1030 g/mol. The molecule has 1 fully saturated rings. The minimum atomic E-state index is -2.19. The summed E-state index contributed by atoms with van der Waals surface area (Å²) in [4.78, 5) is 10.4. The molecule has 2 heterocycles. The van der Waals surface area contributed by atoms with E-state index in [0.29, 0.717) is 48.2 Å². The Hall–Kier alpha value is -7.13. The number of phenols is 1. The van der Waals surface area contributed by atoms with E-state index in [1.54, 1.807) is 18.3 Å². The van der Waals surface area contributed by atoms with Crippen molar-refractivity contribution < 1.29 is 33.0 Å². The van der Waals surface area contributed by atoms with Gasteiger partial charge >= 0.3 is 0 Å². The number of imidazole rings is 1. The minimum absolute atomic E-state index is 0. The quantitative estimate of drug-likeness (QED) is 0.147. The normalized spacial score (nSPS) is 18.2. The van der Waals surface area contributed by atoms with Crippen LogP contribution in [-0.4, -0.2) is 19.6 Å². The molecule has 2 aromatic heterocycles. The smallest absolute Gasteiger partial charge is 0.148 e. The molecule has 0 atom stereocenters. The van der Waals surface area contributed by atoms with Crippen molar-refractivity contribution in [2.45, 2.75) is 70.5 Å². The molecule has 70 heavy (non-hydrogen) atoms. The number of phenolic OH excluding ortho intramolecular Hbond substituents is 1. The van der Waals surface area contributed by atoms with Gasteiger partial charge in [-0.05, 0) is 119 Å². The molecule has 5 heteroatoms. The van der Waals surface area contributed by atoms with Crippen molar-refractivity contribution in [2.24, 2.45) is 0 Å². The van der Waals surface area contributed by atoms with Crippen molar-refractivity contribution in [1.29, 1.82) is 0 Å². The molecule has 0 amide bonds. The standard InChI is InChI=1S/C65H56N3O.Pt/c1-43-25-27-48(28-26-43)50-37-38-66-60(42-50)52-39-51(40-53(41-52)65(2,3)4)56-21-14-24-61-62(56)67-64(59-23-13-22-58(63(59)69)57-20-12-11-19-55(57)49-17-9-6-10-18-49)68(61)54-35-33-47(34-36-54)46-31-29-45(30-32-46)44-15-7-5-8-16-44;/h5-28,33-38,40-42,45-46,69H,29-32H2,1-4H3;/q-1;/i1D3,45D,46D;. The molecule has 0 aliphatic heterocycles. The van der Waals surface area contributed by atoms with Crippen molar-refractivity contribution in [3.63, 3.8) is 0 Å². The second kappa shape index (κ2) is 19.7. The second-order valence-electron chi connectivity index (χ2n) is 19.1. The Labute approximate surface area is 434 Å². The maximum atomic E-state index is 12.6. The molecule has 1 N–H and O–H groups in total. The molecule has 4 nitrogen and oxygen atoms in total. The fourth-order valence-electron chi connectivity index (χ4n) is 9.94. The average molecular weight is 1100 g/mol. The van der Waals surface area contributed by atoms with E-state index in [4.69, 9.17) is 14.1 Å². The number of aromatic nitrogens is 3. The van der Waals surface area contributed by atoms with Gasteiger partial charge < -0.3 is 5.11 Å². The number of hydrogen-bond donors (Lipinski definition) is 1. The molecule has 0 radical (unpaired) electrons. The van der Waals surface area contributed by atoms with E-state index >= 15 is 0 Å². The molecule has 0 unspecified atom stereocenters. The van der Waals surface area contributed by atoms with Gasteiger partial charge in [-0.3, -0.25) is 9.55 Å². The average Bonchev–Trinajstić information content (AvgIpc) is 3.82. The second-order valence-corrected chi connectivity index (χ2v) is 19.1. The third-order valence-corrected chi connectivity index (χ3v) is 13.7. The van der Waals surface area contributed by atoms with Crippen LogP contribution in [0.2, 0.25) is 0 Å². The Morgan fingerprint density at radius 3 is 1.87 bits per heavy atom. The number of aromatic hydroxyl groups is 1. The molecule has 1 aliphatic rings. The first-order valence-corrected chi connectivity index (χ1v) is 23.9. The van der Waals surface area contributed by atoms with Gasteiger partial charge in [-0.1, -0.05) is 189 Å². The number of para-hydroxylation sites is 2. The number of fused-ring (bicyclic) bond motifs is 1. The van der Waals surface area contributed by atoms with Crippen LogP contribution in [0.1, 0.15) is 87.4 Å². The van der Waals surface area contributed by atoms with Crippen LogP contribution in [-0.2, 0) is 26.5 Å². The zero-order valence-corrected chi connectivity index (χ0v) is 41.8. The summed E-state index contributed by atoms with van der Waals surface area (Å²) in [5.41, 5.74) is 14.7. The van der Waals surface area contributed by atoms with Crippen LogP contribution in [0.5, 0.6) is 5.75 Å². The van der Waals surface area contributed by atoms with E-state index in [9.17, 15) is 7.85 Å². The maximum Gasteiger partial charge on any atom is 0.148 e. The Bertz CT molecular complexity index is 3670. The number of aryl methyl sites for hydroxylation is 1. The summed E-state index contributed by atoms with van der Waals surface area (Å²) in [5, 5.41) is 12.6. The predicted octanol–water partition coefficient (Wildman–Crippen LogP) is 17.0. The molecule has 0 saturated heterocycles. The maximum absolute atomic E-state index is 12.6. The monoisotopic (exact) mass is 1090 g/mol. The number of benzene rings is 8. The Kier molecular flexibility index (Phi) is 11.5. The van der Waals surface area contributed by atoms with Gasteiger partial charge in [-0.15, -0.1) is 29.3 Å². The predicted molar refractivity (Wildman–Crippen MR) is 286 cm³/mol. The molecule has 0 spiro atoms. The molecule has 8 aromatic carbocycles. The zero-order valence-electron chi connectivity index (χ0n) is 44.5. The fraction of sp³-hybridized carbons (Fsp3) is 0.169. The molecule has 1 saturated carbocycles. The summed E-state index contributed by atoms with van der Waals surface area (Å²) in [6.45, 7) is 4.38. The zero-order chi connectivity index (χ0) is 51.4. The van der Waals surface area contributed by atoms with E-state index in [1.807, 2.05) is 115 Å². The summed E-state index contributed by atoms with van der Waals surface area (Å²) in [6.07, 6.45) is 4.13. The summed E-state index contributed by atoms with van der Waals surface area (Å²) in [6, 6.07) is 67.7. The van der Waals surface area contributed by atoms with Gasteiger partial charge in [0.25, 0.3) is 0 Å². The van der Waals surface area contributed by atoms with E-state index in [1.165, 1.54) is 0 Å². The summed E-state index contributed by atoms with van der Waals surface area (Å²) < 4.78 is 44.8. The van der Waals surface area contributed by atoms with Gasteiger partial charge in [0.15, 0.2) is 0 Å². The summed E-state index contributed by atoms with van der Waals surface area (Å²) >= 11 is 0. The summed E-state index contributed by atoms with van der Waals surface area (Å²) in [7, 11) is 0. The topological polar surface area (TPSA) is 50.9 Å². The van der Waals surface area contributed by atoms with Crippen molar-refractivity contribution in [3.8, 4) is 78.6 Å². The van der Waals surface area contributed by atoms with Gasteiger partial charge in [0.1, 0.15) is 11.6 Å². The first-order chi connectivity index (χ1) is 35.6. The Morgan fingerprint density at radius 2 is 1.17 bits per heavy atom. The SMILES string of the molecule is [2H]C([2H])([2H])c1ccc(-c2ccnc(-c3[c-]c(-c4cccc5c4nc(-c4cccc(-c6ccccc6-c6ccccc6)c4O)n5-c4ccc(C5([2H])CCC([2H])(c6ccccc6)CC5)cc4)cc(C(C)(C)C)c3)c2)cc1.[Pt]. The first-order valence-electron chi connectivity index (χ1n) is 26.4. The van der Waals surface area contributed by atoms with Crippen LogP contribution in [0.3, 0.4) is 0 Å². The van der Waals surface area contributed by atoms with Crippen molar-refractivity contribution in [1.82, 2.24) is 14.5 Å². The largest absolute Gasteiger partial charge is 0.507 e. The molecular formula is C65H56N3OPt-. The molecule has 11 rings (SSSR count). The van der Waals surface area contributed by atoms with Crippen LogP contribution in [0.15, 0.2) is 200 Å². The molecule has 0 bridgehead atoms. The van der Waals surface area contributed by atoms with E-state index in [0.717, 1.165) is 83.6 Å². The van der Waals surface area contributed by atoms with Crippen LogP contribution < -0.4 is 0 Å². The van der Waals surface area contributed by atoms with Crippen molar-refractivity contribution >= 4 is 11.0 Å². The van der Waals surface area contributed by atoms with Gasteiger partial charge in [0.05, 0.1) is 16.6 Å². The van der Waals surface area contributed by atoms with E-state index in [-0.39, 0.29) is 32.2 Å². The first kappa shape index (κ1) is 40.7. The third-order valence-electron chi connectivity index (χ3n) is 13.7. The molecule has 348 valence electrons. The van der Waals surface area contributed by atoms with Gasteiger partial charge in [0.2, 0.25) is 0 Å². The van der Waals surface area contributed by atoms with Gasteiger partial charge in [0, 0.05) is 51.1 Å². The van der Waals surface area contributed by atoms with E-state index in [2.05, 4.69) is 98.1 Å². The number of hydrogen-bond acceptors (Lipinski definition) is 3. The van der Waals surface area contributed by atoms with Crippen LogP contribution in [0, 0.1) is 12.9 Å². The van der Waals surface area contributed by atoms with Crippen LogP contribution in [0.25, 0.3) is 83.9 Å². The minimum Gasteiger partial charge on any atom is -0.507 e. The molecule has 1 aliphatic carbocycles. The number of rotatable bonds is 9. The Morgan fingerprint density at radius 1 is 0.571 bits per heavy atom. The number of nitrogens with zero attached hydrogens (tertiary/aromatic N) is 3.